The van der Waals surface area contributed by atoms with Crippen molar-refractivity contribution < 1.29 is 14.3 Å². The molecule has 1 aliphatic carbocycles. The van der Waals surface area contributed by atoms with E-state index in [0.717, 1.165) is 46.3 Å². The lowest BCUT2D eigenvalue weighted by Gasteiger charge is -2.34. The summed E-state index contributed by atoms with van der Waals surface area (Å²) in [7, 11) is 0. The molecule has 132 valence electrons. The molecule has 0 amide bonds. The molecule has 1 atom stereocenters. The molecule has 1 aliphatic heterocycles. The molecular weight excluding hydrogens is 382 g/mol. The molecule has 0 unspecified atom stereocenters. The van der Waals surface area contributed by atoms with Gasteiger partial charge in [0.25, 0.3) is 0 Å². The minimum absolute atomic E-state index is 0.118. The number of benzene rings is 1. The summed E-state index contributed by atoms with van der Waals surface area (Å²) in [4.78, 5) is 25.5. The van der Waals surface area contributed by atoms with Crippen molar-refractivity contribution >= 4 is 27.7 Å². The molecular formula is C20H22BrNO3. The van der Waals surface area contributed by atoms with Crippen LogP contribution in [0.3, 0.4) is 0 Å². The van der Waals surface area contributed by atoms with Gasteiger partial charge in [-0.25, -0.2) is 4.79 Å². The van der Waals surface area contributed by atoms with Gasteiger partial charge in [0.1, 0.15) is 0 Å². The number of esters is 1. The van der Waals surface area contributed by atoms with Crippen LogP contribution >= 0.6 is 15.9 Å². The number of ketones is 1. The largest absolute Gasteiger partial charge is 0.462 e. The fraction of sp³-hybridized carbons (Fsp3) is 0.400. The average molecular weight is 404 g/mol. The summed E-state index contributed by atoms with van der Waals surface area (Å²) in [6, 6.07) is 7.81. The fourth-order valence-corrected chi connectivity index (χ4v) is 3.96. The van der Waals surface area contributed by atoms with Crippen LogP contribution in [0.5, 0.6) is 0 Å². The van der Waals surface area contributed by atoms with Crippen molar-refractivity contribution in [3.63, 3.8) is 0 Å². The monoisotopic (exact) mass is 403 g/mol. The quantitative estimate of drug-likeness (QED) is 0.758. The molecule has 3 rings (SSSR count). The second-order valence-electron chi connectivity index (χ2n) is 6.46. The van der Waals surface area contributed by atoms with Crippen molar-refractivity contribution in [3.8, 4) is 0 Å². The third-order valence-electron chi connectivity index (χ3n) is 4.62. The van der Waals surface area contributed by atoms with Crippen LogP contribution in [0.15, 0.2) is 51.3 Å². The van der Waals surface area contributed by atoms with Crippen molar-refractivity contribution in [3.05, 3.63) is 56.8 Å². The van der Waals surface area contributed by atoms with E-state index >= 15 is 0 Å². The molecule has 0 saturated heterocycles. The van der Waals surface area contributed by atoms with Crippen molar-refractivity contribution in [2.45, 2.75) is 45.4 Å². The zero-order chi connectivity index (χ0) is 18.0. The zero-order valence-electron chi connectivity index (χ0n) is 14.5. The van der Waals surface area contributed by atoms with E-state index in [4.69, 9.17) is 4.74 Å². The Morgan fingerprint density at radius 1 is 1.36 bits per heavy atom. The van der Waals surface area contributed by atoms with Crippen LogP contribution < -0.4 is 5.32 Å². The Balaban J connectivity index is 2.12. The summed E-state index contributed by atoms with van der Waals surface area (Å²) >= 11 is 3.50. The first kappa shape index (κ1) is 17.9. The first-order chi connectivity index (χ1) is 12.0. The summed E-state index contributed by atoms with van der Waals surface area (Å²) in [5, 5.41) is 3.30. The number of Topliss-reactive ketones (excluding diaryl/α,β-unsaturated/α-hetero) is 1. The number of ether oxygens (including phenoxy) is 1. The number of nitrogens with one attached hydrogen (secondary N) is 1. The normalized spacial score (nSPS) is 20.3. The molecule has 0 spiro atoms. The van der Waals surface area contributed by atoms with Gasteiger partial charge in [0, 0.05) is 33.8 Å². The summed E-state index contributed by atoms with van der Waals surface area (Å²) in [5.41, 5.74) is 3.92. The maximum atomic E-state index is 12.8. The number of hydrogen-bond donors (Lipinski definition) is 1. The van der Waals surface area contributed by atoms with E-state index in [9.17, 15) is 9.59 Å². The van der Waals surface area contributed by atoms with Crippen LogP contribution in [0.25, 0.3) is 0 Å². The Bertz CT molecular complexity index is 779. The highest BCUT2D eigenvalue weighted by atomic mass is 79.9. The van der Waals surface area contributed by atoms with Crippen molar-refractivity contribution in [2.75, 3.05) is 6.61 Å². The predicted octanol–water partition coefficient (Wildman–Crippen LogP) is 4.37. The van der Waals surface area contributed by atoms with Gasteiger partial charge < -0.3 is 10.1 Å². The molecule has 25 heavy (non-hydrogen) atoms. The van der Waals surface area contributed by atoms with Crippen LogP contribution in [0.1, 0.15) is 51.0 Å². The average Bonchev–Trinajstić information content (AvgIpc) is 2.58. The third kappa shape index (κ3) is 3.56. The number of hydrogen-bond acceptors (Lipinski definition) is 4. The smallest absolute Gasteiger partial charge is 0.336 e. The summed E-state index contributed by atoms with van der Waals surface area (Å²) in [6.45, 7) is 4.22. The predicted molar refractivity (Wildman–Crippen MR) is 99.9 cm³/mol. The SMILES string of the molecule is CCCOC(=O)C1=C(C)NC2=C(C(=O)CCC2)[C@H]1c1cccc(Br)c1. The maximum absolute atomic E-state index is 12.8. The second-order valence-corrected chi connectivity index (χ2v) is 7.37. The molecule has 1 heterocycles. The zero-order valence-corrected chi connectivity index (χ0v) is 16.1. The third-order valence-corrected chi connectivity index (χ3v) is 5.11. The molecule has 1 aromatic carbocycles. The number of dihydropyridines is 1. The topological polar surface area (TPSA) is 55.4 Å². The van der Waals surface area contributed by atoms with E-state index < -0.39 is 0 Å². The fourth-order valence-electron chi connectivity index (χ4n) is 3.55. The van der Waals surface area contributed by atoms with Crippen molar-refractivity contribution in [2.24, 2.45) is 0 Å². The number of rotatable bonds is 4. The van der Waals surface area contributed by atoms with E-state index in [1.165, 1.54) is 0 Å². The van der Waals surface area contributed by atoms with Crippen LogP contribution in [-0.4, -0.2) is 18.4 Å². The molecule has 5 heteroatoms. The van der Waals surface area contributed by atoms with Gasteiger partial charge in [0.2, 0.25) is 0 Å². The molecule has 0 aromatic heterocycles. The Kier molecular flexibility index (Phi) is 5.42. The van der Waals surface area contributed by atoms with Gasteiger partial charge in [-0.2, -0.15) is 0 Å². The van der Waals surface area contributed by atoms with Gasteiger partial charge in [-0.15, -0.1) is 0 Å². The van der Waals surface area contributed by atoms with Gasteiger partial charge in [0.15, 0.2) is 5.78 Å². The van der Waals surface area contributed by atoms with Crippen molar-refractivity contribution in [1.82, 2.24) is 5.32 Å². The van der Waals surface area contributed by atoms with Crippen LogP contribution in [0.2, 0.25) is 0 Å². The Labute approximate surface area is 156 Å². The van der Waals surface area contributed by atoms with Gasteiger partial charge in [-0.1, -0.05) is 35.0 Å². The van der Waals surface area contributed by atoms with Gasteiger partial charge in [-0.3, -0.25) is 4.79 Å². The molecule has 1 aromatic rings. The van der Waals surface area contributed by atoms with Gasteiger partial charge in [-0.05, 0) is 43.9 Å². The highest BCUT2D eigenvalue weighted by Crippen LogP contribution is 2.42. The van der Waals surface area contributed by atoms with Gasteiger partial charge in [0.05, 0.1) is 12.2 Å². The molecule has 1 N–H and O–H groups in total. The molecule has 0 fully saturated rings. The molecule has 0 bridgehead atoms. The number of carbonyl (C=O) groups excluding carboxylic acids is 2. The second kappa shape index (κ2) is 7.56. The van der Waals surface area contributed by atoms with E-state index in [2.05, 4.69) is 21.2 Å². The summed E-state index contributed by atoms with van der Waals surface area (Å²) < 4.78 is 6.34. The minimum atomic E-state index is -0.370. The van der Waals surface area contributed by atoms with E-state index in [-0.39, 0.29) is 17.7 Å². The van der Waals surface area contributed by atoms with E-state index in [0.29, 0.717) is 18.6 Å². The first-order valence-corrected chi connectivity index (χ1v) is 9.48. The van der Waals surface area contributed by atoms with Crippen LogP contribution in [0, 0.1) is 0 Å². The Hall–Kier alpha value is -1.88. The molecule has 0 radical (unpaired) electrons. The first-order valence-electron chi connectivity index (χ1n) is 8.69. The number of halogens is 1. The van der Waals surface area contributed by atoms with Crippen LogP contribution in [0.4, 0.5) is 0 Å². The number of carbonyl (C=O) groups is 2. The highest BCUT2D eigenvalue weighted by Gasteiger charge is 2.39. The van der Waals surface area contributed by atoms with Crippen molar-refractivity contribution in [1.29, 1.82) is 0 Å². The Morgan fingerprint density at radius 3 is 2.88 bits per heavy atom. The summed E-state index contributed by atoms with van der Waals surface area (Å²) in [5.74, 6) is -0.598. The lowest BCUT2D eigenvalue weighted by Crippen LogP contribution is -2.34. The van der Waals surface area contributed by atoms with E-state index in [1.807, 2.05) is 38.1 Å². The lowest BCUT2D eigenvalue weighted by molar-refractivity contribution is -0.139. The number of allylic oxidation sites excluding steroid dienone is 3. The summed E-state index contributed by atoms with van der Waals surface area (Å²) in [6.07, 6.45) is 2.97. The van der Waals surface area contributed by atoms with E-state index in [1.54, 1.807) is 0 Å². The molecule has 2 aliphatic rings. The highest BCUT2D eigenvalue weighted by molar-refractivity contribution is 9.10. The maximum Gasteiger partial charge on any atom is 0.336 e. The van der Waals surface area contributed by atoms with Crippen LogP contribution in [-0.2, 0) is 14.3 Å². The Morgan fingerprint density at radius 2 is 2.16 bits per heavy atom. The lowest BCUT2D eigenvalue weighted by atomic mass is 9.75. The molecule has 4 nitrogen and oxygen atoms in total. The minimum Gasteiger partial charge on any atom is -0.462 e. The molecule has 0 saturated carbocycles. The standard InChI is InChI=1S/C20H22BrNO3/c1-3-10-25-20(24)17-12(2)22-15-8-5-9-16(23)19(15)18(17)13-6-4-7-14(21)11-13/h4,6-7,11,18,22H,3,5,8-10H2,1-2H3/t18-/m0/s1. The van der Waals surface area contributed by atoms with Gasteiger partial charge >= 0.3 is 5.97 Å².